The molecule has 0 aliphatic carbocycles. The number of rotatable bonds is 9. The number of aliphatic hydroxyl groups excluding tert-OH is 1. The van der Waals surface area contributed by atoms with Crippen molar-refractivity contribution in [2.24, 2.45) is 0 Å². The molecular formula is C28H27ClN2O7. The number of likely N-dealkylation sites (tertiary alicyclic amines) is 1. The van der Waals surface area contributed by atoms with Gasteiger partial charge in [0.25, 0.3) is 11.7 Å². The number of Topliss-reactive ketones (excluding diaryl/α,β-unsaturated/α-hetero) is 1. The van der Waals surface area contributed by atoms with Crippen molar-refractivity contribution in [1.29, 1.82) is 0 Å². The summed E-state index contributed by atoms with van der Waals surface area (Å²) < 4.78 is 22.0. The summed E-state index contributed by atoms with van der Waals surface area (Å²) in [6.07, 6.45) is 1.60. The van der Waals surface area contributed by atoms with Gasteiger partial charge >= 0.3 is 0 Å². The van der Waals surface area contributed by atoms with E-state index in [1.807, 2.05) is 0 Å². The first kappa shape index (κ1) is 26.8. The van der Waals surface area contributed by atoms with Gasteiger partial charge < -0.3 is 29.0 Å². The number of hydrogen-bond donors (Lipinski definition) is 1. The number of amides is 1. The summed E-state index contributed by atoms with van der Waals surface area (Å²) in [5.74, 6) is -0.654. The smallest absolute Gasteiger partial charge is 0.296 e. The van der Waals surface area contributed by atoms with Crippen LogP contribution >= 0.6 is 11.6 Å². The maximum Gasteiger partial charge on any atom is 0.296 e. The van der Waals surface area contributed by atoms with Gasteiger partial charge in [0.05, 0.1) is 56.8 Å². The zero-order chi connectivity index (χ0) is 27.4. The van der Waals surface area contributed by atoms with Crippen molar-refractivity contribution < 1.29 is 33.6 Å². The molecular weight excluding hydrogens is 512 g/mol. The van der Waals surface area contributed by atoms with Crippen LogP contribution in [0.3, 0.4) is 0 Å². The van der Waals surface area contributed by atoms with Crippen molar-refractivity contribution in [2.45, 2.75) is 19.5 Å². The Balaban J connectivity index is 1.95. The first-order chi connectivity index (χ1) is 18.3. The highest BCUT2D eigenvalue weighted by Gasteiger charge is 2.46. The molecule has 1 amide bonds. The van der Waals surface area contributed by atoms with E-state index in [1.165, 1.54) is 32.3 Å². The number of ether oxygens (including phenoxy) is 4. The maximum atomic E-state index is 13.4. The van der Waals surface area contributed by atoms with Crippen LogP contribution in [0.1, 0.15) is 29.8 Å². The highest BCUT2D eigenvalue weighted by Crippen LogP contribution is 2.46. The quantitative estimate of drug-likeness (QED) is 0.235. The summed E-state index contributed by atoms with van der Waals surface area (Å²) in [6.45, 7) is 2.18. The molecule has 1 aliphatic heterocycles. The van der Waals surface area contributed by atoms with Gasteiger partial charge in [-0.1, -0.05) is 17.7 Å². The van der Waals surface area contributed by atoms with Gasteiger partial charge in [0.15, 0.2) is 11.5 Å². The van der Waals surface area contributed by atoms with Crippen LogP contribution in [0.15, 0.2) is 60.3 Å². The van der Waals surface area contributed by atoms with Crippen LogP contribution in [0, 0.1) is 0 Å². The molecule has 1 aromatic heterocycles. The van der Waals surface area contributed by atoms with Gasteiger partial charge in [-0.25, -0.2) is 0 Å². The second kappa shape index (κ2) is 11.4. The fraction of sp³-hybridized carbons (Fsp3) is 0.250. The number of nitrogens with zero attached hydrogens (tertiary/aromatic N) is 2. The van der Waals surface area contributed by atoms with Crippen LogP contribution in [0.4, 0.5) is 0 Å². The molecule has 198 valence electrons. The highest BCUT2D eigenvalue weighted by atomic mass is 35.5. The Labute approximate surface area is 225 Å². The third-order valence-corrected chi connectivity index (χ3v) is 6.42. The third-order valence-electron chi connectivity index (χ3n) is 6.11. The molecule has 10 heteroatoms. The Morgan fingerprint density at radius 3 is 2.29 bits per heavy atom. The summed E-state index contributed by atoms with van der Waals surface area (Å²) in [4.78, 5) is 32.5. The van der Waals surface area contributed by atoms with Gasteiger partial charge in [-0.05, 0) is 55.0 Å². The van der Waals surface area contributed by atoms with Gasteiger partial charge in [0, 0.05) is 11.8 Å². The number of carbonyl (C=O) groups excluding carboxylic acids is 2. The number of methoxy groups -OCH3 is 3. The molecule has 0 spiro atoms. The van der Waals surface area contributed by atoms with Crippen molar-refractivity contribution in [3.63, 3.8) is 0 Å². The SMILES string of the molecule is CCOc1cc(/C(O)=C2\C(=O)C(=O)N(Cc3ccccn3)C2c2cc(OC)c(OC)c(OC)c2)ccc1Cl. The van der Waals surface area contributed by atoms with E-state index in [4.69, 9.17) is 30.5 Å². The van der Waals surface area contributed by atoms with Crippen LogP contribution in [-0.4, -0.2) is 54.6 Å². The Kier molecular flexibility index (Phi) is 8.07. The normalized spacial score (nSPS) is 16.4. The van der Waals surface area contributed by atoms with Crippen molar-refractivity contribution in [2.75, 3.05) is 27.9 Å². The molecule has 38 heavy (non-hydrogen) atoms. The van der Waals surface area contributed by atoms with Crippen molar-refractivity contribution in [3.8, 4) is 23.0 Å². The van der Waals surface area contributed by atoms with Crippen molar-refractivity contribution in [1.82, 2.24) is 9.88 Å². The van der Waals surface area contributed by atoms with E-state index < -0.39 is 17.7 Å². The molecule has 4 rings (SSSR count). The largest absolute Gasteiger partial charge is 0.507 e. The lowest BCUT2D eigenvalue weighted by Gasteiger charge is -2.26. The van der Waals surface area contributed by atoms with Crippen LogP contribution < -0.4 is 18.9 Å². The predicted molar refractivity (Wildman–Crippen MR) is 141 cm³/mol. The maximum absolute atomic E-state index is 13.4. The molecule has 1 atom stereocenters. The molecule has 9 nitrogen and oxygen atoms in total. The van der Waals surface area contributed by atoms with Gasteiger partial charge in [-0.2, -0.15) is 0 Å². The van der Waals surface area contributed by atoms with Crippen LogP contribution in [0.5, 0.6) is 23.0 Å². The Bertz CT molecular complexity index is 1370. The lowest BCUT2D eigenvalue weighted by Crippen LogP contribution is -2.29. The number of carbonyl (C=O) groups is 2. The second-order valence-electron chi connectivity index (χ2n) is 8.28. The molecule has 1 N–H and O–H groups in total. The number of ketones is 1. The molecule has 0 saturated carbocycles. The molecule has 2 heterocycles. The second-order valence-corrected chi connectivity index (χ2v) is 8.69. The fourth-order valence-electron chi connectivity index (χ4n) is 4.39. The summed E-state index contributed by atoms with van der Waals surface area (Å²) >= 11 is 6.23. The highest BCUT2D eigenvalue weighted by molar-refractivity contribution is 6.46. The molecule has 1 unspecified atom stereocenters. The molecule has 0 radical (unpaired) electrons. The van der Waals surface area contributed by atoms with Gasteiger partial charge in [-0.15, -0.1) is 0 Å². The number of aliphatic hydroxyl groups is 1. The van der Waals surface area contributed by atoms with E-state index in [9.17, 15) is 14.7 Å². The number of halogens is 1. The fourth-order valence-corrected chi connectivity index (χ4v) is 4.56. The van der Waals surface area contributed by atoms with Gasteiger partial charge in [-0.3, -0.25) is 14.6 Å². The average molecular weight is 539 g/mol. The minimum atomic E-state index is -0.989. The number of hydrogen-bond acceptors (Lipinski definition) is 8. The number of pyridine rings is 1. The zero-order valence-corrected chi connectivity index (χ0v) is 22.1. The Morgan fingerprint density at radius 1 is 1.00 bits per heavy atom. The standard InChI is InChI=1S/C28H27ClN2O7/c1-5-38-20-12-16(9-10-19(20)29)25(32)23-24(17-13-21(35-2)27(37-4)22(14-17)36-3)31(28(34)26(23)33)15-18-8-6-7-11-30-18/h6-14,24,32H,5,15H2,1-4H3/b25-23+. The van der Waals surface area contributed by atoms with Gasteiger partial charge in [0.1, 0.15) is 11.5 Å². The van der Waals surface area contributed by atoms with Crippen LogP contribution in [0.2, 0.25) is 5.02 Å². The van der Waals surface area contributed by atoms with Crippen molar-refractivity contribution in [3.05, 3.63) is 82.1 Å². The van der Waals surface area contributed by atoms with Gasteiger partial charge in [0.2, 0.25) is 5.75 Å². The average Bonchev–Trinajstić information content (AvgIpc) is 3.18. The van der Waals surface area contributed by atoms with E-state index in [-0.39, 0.29) is 23.4 Å². The Morgan fingerprint density at radius 2 is 1.71 bits per heavy atom. The lowest BCUT2D eigenvalue weighted by atomic mass is 9.94. The summed E-state index contributed by atoms with van der Waals surface area (Å²) in [5, 5.41) is 11.8. The number of aromatic nitrogens is 1. The van der Waals surface area contributed by atoms with E-state index in [1.54, 1.807) is 55.6 Å². The third kappa shape index (κ3) is 4.97. The summed E-state index contributed by atoms with van der Waals surface area (Å²) in [7, 11) is 4.41. The van der Waals surface area contributed by atoms with E-state index >= 15 is 0 Å². The zero-order valence-electron chi connectivity index (χ0n) is 21.4. The molecule has 1 aliphatic rings. The van der Waals surface area contributed by atoms with E-state index in [0.29, 0.717) is 45.9 Å². The van der Waals surface area contributed by atoms with Crippen LogP contribution in [0.25, 0.3) is 5.76 Å². The van der Waals surface area contributed by atoms with Crippen LogP contribution in [-0.2, 0) is 16.1 Å². The molecule has 1 saturated heterocycles. The molecule has 0 bridgehead atoms. The minimum absolute atomic E-state index is 0.0222. The topological polar surface area (TPSA) is 107 Å². The first-order valence-electron chi connectivity index (χ1n) is 11.8. The summed E-state index contributed by atoms with van der Waals surface area (Å²) in [5.41, 5.74) is 1.20. The first-order valence-corrected chi connectivity index (χ1v) is 12.1. The summed E-state index contributed by atoms with van der Waals surface area (Å²) in [6, 6.07) is 12.2. The Hall–Kier alpha value is -4.24. The van der Waals surface area contributed by atoms with Crippen molar-refractivity contribution >= 4 is 29.1 Å². The van der Waals surface area contributed by atoms with E-state index in [2.05, 4.69) is 4.98 Å². The van der Waals surface area contributed by atoms with E-state index in [0.717, 1.165) is 0 Å². The monoisotopic (exact) mass is 538 g/mol. The minimum Gasteiger partial charge on any atom is -0.507 e. The molecule has 2 aromatic carbocycles. The molecule has 1 fully saturated rings. The lowest BCUT2D eigenvalue weighted by molar-refractivity contribution is -0.140. The number of benzene rings is 2. The molecule has 3 aromatic rings. The predicted octanol–water partition coefficient (Wildman–Crippen LogP) is 4.78.